The Morgan fingerprint density at radius 1 is 1.37 bits per heavy atom. The van der Waals surface area contributed by atoms with E-state index in [9.17, 15) is 9.50 Å². The molecular formula is C13H19BrClFN2O. The fourth-order valence-corrected chi connectivity index (χ4v) is 2.80. The van der Waals surface area contributed by atoms with Gasteiger partial charge in [-0.3, -0.25) is 4.90 Å². The number of aliphatic hydroxyl groups is 1. The summed E-state index contributed by atoms with van der Waals surface area (Å²) in [6.45, 7) is 3.67. The van der Waals surface area contributed by atoms with E-state index in [0.717, 1.165) is 30.7 Å². The van der Waals surface area contributed by atoms with Crippen molar-refractivity contribution in [2.45, 2.75) is 12.5 Å². The molecule has 1 atom stereocenters. The van der Waals surface area contributed by atoms with Gasteiger partial charge in [0.05, 0.1) is 0 Å². The zero-order chi connectivity index (χ0) is 13.0. The van der Waals surface area contributed by atoms with E-state index >= 15 is 0 Å². The third-order valence-corrected chi connectivity index (χ3v) is 3.81. The molecule has 0 bridgehead atoms. The molecule has 1 aliphatic heterocycles. The second-order valence-electron chi connectivity index (χ2n) is 4.48. The third-order valence-electron chi connectivity index (χ3n) is 3.31. The maximum absolute atomic E-state index is 14.0. The number of nitrogens with one attached hydrogen (secondary N) is 1. The SMILES string of the molecule is Cl.OCC[C@H](c1cc(Br)ccc1F)N1CCNCC1. The summed E-state index contributed by atoms with van der Waals surface area (Å²) in [6, 6.07) is 4.95. The molecule has 1 aliphatic rings. The van der Waals surface area contributed by atoms with Crippen LogP contribution in [0.5, 0.6) is 0 Å². The Hall–Kier alpha value is -0.200. The first-order chi connectivity index (χ1) is 8.72. The van der Waals surface area contributed by atoms with Crippen molar-refractivity contribution < 1.29 is 9.50 Å². The average Bonchev–Trinajstić information content (AvgIpc) is 2.40. The standard InChI is InChI=1S/C13H18BrFN2O.ClH/c14-10-1-2-12(15)11(9-10)13(3-8-18)17-6-4-16-5-7-17;/h1-2,9,13,16,18H,3-8H2;1H/t13-;/m1./s1. The predicted octanol–water partition coefficient (Wildman–Crippen LogP) is 2.34. The Balaban J connectivity index is 0.00000180. The highest BCUT2D eigenvalue weighted by atomic mass is 79.9. The van der Waals surface area contributed by atoms with Gasteiger partial charge in [0, 0.05) is 48.9 Å². The first-order valence-corrected chi connectivity index (χ1v) is 7.02. The van der Waals surface area contributed by atoms with E-state index in [4.69, 9.17) is 0 Å². The molecule has 19 heavy (non-hydrogen) atoms. The Kier molecular flexibility index (Phi) is 7.25. The zero-order valence-electron chi connectivity index (χ0n) is 10.6. The van der Waals surface area contributed by atoms with Crippen molar-refractivity contribution in [3.8, 4) is 0 Å². The zero-order valence-corrected chi connectivity index (χ0v) is 13.0. The summed E-state index contributed by atoms with van der Waals surface area (Å²) in [7, 11) is 0. The normalized spacial score (nSPS) is 17.8. The summed E-state index contributed by atoms with van der Waals surface area (Å²) in [5, 5.41) is 12.5. The molecule has 0 radical (unpaired) electrons. The van der Waals surface area contributed by atoms with E-state index in [1.807, 2.05) is 6.07 Å². The van der Waals surface area contributed by atoms with E-state index in [-0.39, 0.29) is 30.9 Å². The summed E-state index contributed by atoms with van der Waals surface area (Å²) in [4.78, 5) is 2.23. The molecule has 1 aromatic carbocycles. The van der Waals surface area contributed by atoms with Gasteiger partial charge in [0.25, 0.3) is 0 Å². The van der Waals surface area contributed by atoms with Crippen LogP contribution in [0.2, 0.25) is 0 Å². The van der Waals surface area contributed by atoms with Gasteiger partial charge in [-0.05, 0) is 24.6 Å². The monoisotopic (exact) mass is 352 g/mol. The van der Waals surface area contributed by atoms with Gasteiger partial charge in [-0.25, -0.2) is 4.39 Å². The molecular weight excluding hydrogens is 335 g/mol. The van der Waals surface area contributed by atoms with E-state index in [0.29, 0.717) is 12.0 Å². The highest BCUT2D eigenvalue weighted by Gasteiger charge is 2.24. The van der Waals surface area contributed by atoms with Crippen LogP contribution in [0.15, 0.2) is 22.7 Å². The van der Waals surface area contributed by atoms with Crippen LogP contribution in [0.1, 0.15) is 18.0 Å². The predicted molar refractivity (Wildman–Crippen MR) is 80.2 cm³/mol. The molecule has 0 spiro atoms. The summed E-state index contributed by atoms with van der Waals surface area (Å²) in [6.07, 6.45) is 0.563. The fraction of sp³-hybridized carbons (Fsp3) is 0.538. The summed E-state index contributed by atoms with van der Waals surface area (Å²) in [5.41, 5.74) is 0.667. The number of piperazine rings is 1. The van der Waals surface area contributed by atoms with Gasteiger partial charge in [0.15, 0.2) is 0 Å². The molecule has 0 amide bonds. The third kappa shape index (κ3) is 4.39. The molecule has 1 heterocycles. The van der Waals surface area contributed by atoms with Gasteiger partial charge in [-0.1, -0.05) is 15.9 Å². The van der Waals surface area contributed by atoms with Crippen molar-refractivity contribution in [2.24, 2.45) is 0 Å². The van der Waals surface area contributed by atoms with Crippen molar-refractivity contribution in [3.05, 3.63) is 34.1 Å². The van der Waals surface area contributed by atoms with Crippen molar-refractivity contribution in [1.82, 2.24) is 10.2 Å². The van der Waals surface area contributed by atoms with E-state index < -0.39 is 0 Å². The van der Waals surface area contributed by atoms with E-state index in [1.165, 1.54) is 6.07 Å². The molecule has 0 aromatic heterocycles. The Labute approximate surface area is 127 Å². The first-order valence-electron chi connectivity index (χ1n) is 6.23. The number of hydrogen-bond donors (Lipinski definition) is 2. The van der Waals surface area contributed by atoms with Crippen molar-refractivity contribution in [3.63, 3.8) is 0 Å². The second kappa shape index (κ2) is 8.17. The quantitative estimate of drug-likeness (QED) is 0.872. The van der Waals surface area contributed by atoms with E-state index in [1.54, 1.807) is 6.07 Å². The molecule has 108 valence electrons. The number of benzene rings is 1. The average molecular weight is 354 g/mol. The van der Waals surface area contributed by atoms with Crippen molar-refractivity contribution >= 4 is 28.3 Å². The van der Waals surface area contributed by atoms with Gasteiger partial charge < -0.3 is 10.4 Å². The lowest BCUT2D eigenvalue weighted by molar-refractivity contribution is 0.138. The largest absolute Gasteiger partial charge is 0.396 e. The molecule has 2 rings (SSSR count). The number of hydrogen-bond acceptors (Lipinski definition) is 3. The van der Waals surface area contributed by atoms with Gasteiger partial charge in [-0.15, -0.1) is 12.4 Å². The van der Waals surface area contributed by atoms with Crippen molar-refractivity contribution in [1.29, 1.82) is 0 Å². The lowest BCUT2D eigenvalue weighted by atomic mass is 10.0. The minimum absolute atomic E-state index is 0. The number of rotatable bonds is 4. The molecule has 2 N–H and O–H groups in total. The lowest BCUT2D eigenvalue weighted by Gasteiger charge is -2.35. The van der Waals surface area contributed by atoms with Crippen LogP contribution in [0.25, 0.3) is 0 Å². The molecule has 0 aliphatic carbocycles. The molecule has 6 heteroatoms. The molecule has 1 saturated heterocycles. The summed E-state index contributed by atoms with van der Waals surface area (Å²) >= 11 is 3.38. The Bertz CT molecular complexity index is 402. The number of halogens is 3. The fourth-order valence-electron chi connectivity index (χ4n) is 2.42. The van der Waals surface area contributed by atoms with Crippen LogP contribution < -0.4 is 5.32 Å². The molecule has 1 fully saturated rings. The Morgan fingerprint density at radius 2 is 2.05 bits per heavy atom. The topological polar surface area (TPSA) is 35.5 Å². The van der Waals surface area contributed by atoms with Crippen LogP contribution in [0.4, 0.5) is 4.39 Å². The molecule has 0 unspecified atom stereocenters. The van der Waals surface area contributed by atoms with Gasteiger partial charge >= 0.3 is 0 Å². The van der Waals surface area contributed by atoms with Crippen LogP contribution in [-0.4, -0.2) is 42.8 Å². The molecule has 0 saturated carbocycles. The highest BCUT2D eigenvalue weighted by molar-refractivity contribution is 9.10. The van der Waals surface area contributed by atoms with Gasteiger partial charge in [-0.2, -0.15) is 0 Å². The van der Waals surface area contributed by atoms with Crippen molar-refractivity contribution in [2.75, 3.05) is 32.8 Å². The number of aliphatic hydroxyl groups excluding tert-OH is 1. The Morgan fingerprint density at radius 3 is 2.68 bits per heavy atom. The summed E-state index contributed by atoms with van der Waals surface area (Å²) < 4.78 is 14.8. The van der Waals surface area contributed by atoms with Gasteiger partial charge in [0.1, 0.15) is 5.82 Å². The second-order valence-corrected chi connectivity index (χ2v) is 5.40. The molecule has 1 aromatic rings. The highest BCUT2D eigenvalue weighted by Crippen LogP contribution is 2.29. The van der Waals surface area contributed by atoms with Crippen LogP contribution >= 0.6 is 28.3 Å². The smallest absolute Gasteiger partial charge is 0.128 e. The molecule has 3 nitrogen and oxygen atoms in total. The maximum atomic E-state index is 14.0. The lowest BCUT2D eigenvalue weighted by Crippen LogP contribution is -2.45. The number of nitrogens with zero attached hydrogens (tertiary/aromatic N) is 1. The van der Waals surface area contributed by atoms with E-state index in [2.05, 4.69) is 26.1 Å². The minimum Gasteiger partial charge on any atom is -0.396 e. The van der Waals surface area contributed by atoms with Gasteiger partial charge in [0.2, 0.25) is 0 Å². The minimum atomic E-state index is -0.199. The van der Waals surface area contributed by atoms with Crippen LogP contribution in [0, 0.1) is 5.82 Å². The van der Waals surface area contributed by atoms with Crippen LogP contribution in [-0.2, 0) is 0 Å². The maximum Gasteiger partial charge on any atom is 0.128 e. The van der Waals surface area contributed by atoms with Crippen LogP contribution in [0.3, 0.4) is 0 Å². The first kappa shape index (κ1) is 16.9. The summed E-state index contributed by atoms with van der Waals surface area (Å²) in [5.74, 6) is -0.199.